The molecule has 0 aromatic rings. The maximum absolute atomic E-state index is 9.77. The molecule has 0 radical (unpaired) electrons. The van der Waals surface area contributed by atoms with Gasteiger partial charge in [-0.15, -0.1) is 0 Å². The van der Waals surface area contributed by atoms with Gasteiger partial charge in [0.05, 0.1) is 14.1 Å². The maximum Gasteiger partial charge on any atom is 0.139 e. The molecule has 1 aliphatic rings. The van der Waals surface area contributed by atoms with Crippen LogP contribution in [0.25, 0.3) is 0 Å². The Labute approximate surface area is 86.6 Å². The van der Waals surface area contributed by atoms with Gasteiger partial charge < -0.3 is 10.0 Å². The first-order chi connectivity index (χ1) is 6.70. The van der Waals surface area contributed by atoms with Crippen LogP contribution >= 0.6 is 0 Å². The van der Waals surface area contributed by atoms with Crippen LogP contribution in [0, 0.1) is 17.8 Å². The van der Waals surface area contributed by atoms with Crippen LogP contribution in [0.5, 0.6) is 0 Å². The summed E-state index contributed by atoms with van der Waals surface area (Å²) in [5, 5.41) is 9.77. The lowest BCUT2D eigenvalue weighted by molar-refractivity contribution is -0.850. The molecule has 2 N–H and O–H groups in total. The van der Waals surface area contributed by atoms with E-state index in [0.717, 1.165) is 25.8 Å². The first-order valence-electron chi connectivity index (χ1n) is 5.30. The van der Waals surface area contributed by atoms with Gasteiger partial charge in [0.25, 0.3) is 0 Å². The lowest BCUT2D eigenvalue weighted by atomic mass is 9.90. The van der Waals surface area contributed by atoms with Crippen LogP contribution in [-0.2, 0) is 0 Å². The molecule has 0 aromatic carbocycles. The second kappa shape index (κ2) is 5.85. The standard InChI is InChI=1S/C12H19NO/c1-13(2)10-6-9-12(14)11-7-4-3-5-8-11/h3-4,11-12,14H,5,7-8,10H2,1-2H3/p+1/t11-,12+/m0/s1. The van der Waals surface area contributed by atoms with Crippen LogP contribution < -0.4 is 4.90 Å². The topological polar surface area (TPSA) is 24.7 Å². The molecule has 0 saturated heterocycles. The highest BCUT2D eigenvalue weighted by atomic mass is 16.3. The molecule has 0 saturated carbocycles. The van der Waals surface area contributed by atoms with Gasteiger partial charge in [-0.25, -0.2) is 0 Å². The third-order valence-corrected chi connectivity index (χ3v) is 2.45. The maximum atomic E-state index is 9.77. The number of rotatable bonds is 2. The number of allylic oxidation sites excluding steroid dienone is 2. The largest absolute Gasteiger partial charge is 0.380 e. The van der Waals surface area contributed by atoms with Crippen molar-refractivity contribution in [1.82, 2.24) is 0 Å². The van der Waals surface area contributed by atoms with E-state index in [4.69, 9.17) is 0 Å². The summed E-state index contributed by atoms with van der Waals surface area (Å²) < 4.78 is 0. The lowest BCUT2D eigenvalue weighted by Crippen LogP contribution is -3.05. The van der Waals surface area contributed by atoms with Crippen molar-refractivity contribution in [2.24, 2.45) is 5.92 Å². The minimum atomic E-state index is -0.431. The van der Waals surface area contributed by atoms with Gasteiger partial charge in [-0.3, -0.25) is 0 Å². The summed E-state index contributed by atoms with van der Waals surface area (Å²) in [5.74, 6) is 6.31. The van der Waals surface area contributed by atoms with Crippen LogP contribution in [0.4, 0.5) is 0 Å². The van der Waals surface area contributed by atoms with Crippen LogP contribution in [0.1, 0.15) is 19.3 Å². The Morgan fingerprint density at radius 3 is 2.86 bits per heavy atom. The van der Waals surface area contributed by atoms with Crippen LogP contribution in [0.15, 0.2) is 12.2 Å². The molecule has 0 fully saturated rings. The van der Waals surface area contributed by atoms with Gasteiger partial charge in [0.15, 0.2) is 0 Å². The van der Waals surface area contributed by atoms with Gasteiger partial charge in [0.1, 0.15) is 12.6 Å². The Hall–Kier alpha value is -0.780. The fraction of sp³-hybridized carbons (Fsp3) is 0.667. The van der Waals surface area contributed by atoms with Gasteiger partial charge in [0, 0.05) is 0 Å². The summed E-state index contributed by atoms with van der Waals surface area (Å²) in [4.78, 5) is 1.30. The van der Waals surface area contributed by atoms with Crippen molar-refractivity contribution in [3.05, 3.63) is 12.2 Å². The average Bonchev–Trinajstić information content (AvgIpc) is 2.18. The molecule has 2 nitrogen and oxygen atoms in total. The average molecular weight is 194 g/mol. The predicted octanol–water partition coefficient (Wildman–Crippen LogP) is -0.148. The molecule has 0 aromatic heterocycles. The number of hydrogen-bond acceptors (Lipinski definition) is 1. The van der Waals surface area contributed by atoms with Crippen LogP contribution in [0.2, 0.25) is 0 Å². The molecular formula is C12H20NO+. The van der Waals surface area contributed by atoms with E-state index in [1.807, 2.05) is 0 Å². The molecule has 0 spiro atoms. The van der Waals surface area contributed by atoms with E-state index in [1.54, 1.807) is 0 Å². The zero-order valence-corrected chi connectivity index (χ0v) is 9.09. The minimum absolute atomic E-state index is 0.352. The van der Waals surface area contributed by atoms with Gasteiger partial charge in [-0.05, 0) is 31.1 Å². The van der Waals surface area contributed by atoms with Crippen molar-refractivity contribution in [3.63, 3.8) is 0 Å². The van der Waals surface area contributed by atoms with Crippen molar-refractivity contribution in [1.29, 1.82) is 0 Å². The third kappa shape index (κ3) is 3.95. The Morgan fingerprint density at radius 2 is 2.29 bits per heavy atom. The number of hydrogen-bond donors (Lipinski definition) is 2. The Bertz CT molecular complexity index is 247. The molecule has 2 atom stereocenters. The van der Waals surface area contributed by atoms with Gasteiger partial charge >= 0.3 is 0 Å². The third-order valence-electron chi connectivity index (χ3n) is 2.45. The van der Waals surface area contributed by atoms with E-state index in [9.17, 15) is 5.11 Å². The molecular weight excluding hydrogens is 174 g/mol. The number of aliphatic hydroxyl groups is 1. The smallest absolute Gasteiger partial charge is 0.139 e. The van der Waals surface area contributed by atoms with Crippen molar-refractivity contribution in [3.8, 4) is 11.8 Å². The van der Waals surface area contributed by atoms with Gasteiger partial charge in [-0.1, -0.05) is 18.1 Å². The molecule has 2 heteroatoms. The second-order valence-corrected chi connectivity index (χ2v) is 4.19. The van der Waals surface area contributed by atoms with Gasteiger partial charge in [0.2, 0.25) is 0 Å². The lowest BCUT2D eigenvalue weighted by Gasteiger charge is -2.19. The molecule has 0 amide bonds. The monoisotopic (exact) mass is 194 g/mol. The number of aliphatic hydroxyl groups excluding tert-OH is 1. The van der Waals surface area contributed by atoms with E-state index in [-0.39, 0.29) is 0 Å². The Kier molecular flexibility index (Phi) is 4.72. The van der Waals surface area contributed by atoms with Crippen molar-refractivity contribution in [2.45, 2.75) is 25.4 Å². The molecule has 1 rings (SSSR count). The SMILES string of the molecule is C[NH+](C)CC#C[C@@H](O)[C@H]1CC=CCC1. The summed E-state index contributed by atoms with van der Waals surface area (Å²) in [7, 11) is 4.12. The summed E-state index contributed by atoms with van der Waals surface area (Å²) >= 11 is 0. The molecule has 0 heterocycles. The van der Waals surface area contributed by atoms with Crippen molar-refractivity contribution in [2.75, 3.05) is 20.6 Å². The highest BCUT2D eigenvalue weighted by molar-refractivity contribution is 5.08. The fourth-order valence-corrected chi connectivity index (χ4v) is 1.55. The first-order valence-corrected chi connectivity index (χ1v) is 5.30. The van der Waals surface area contributed by atoms with Crippen molar-refractivity contribution < 1.29 is 10.0 Å². The predicted molar refractivity (Wildman–Crippen MR) is 57.9 cm³/mol. The summed E-state index contributed by atoms with van der Waals surface area (Å²) in [6, 6.07) is 0. The molecule has 14 heavy (non-hydrogen) atoms. The molecule has 0 bridgehead atoms. The van der Waals surface area contributed by atoms with Crippen LogP contribution in [0.3, 0.4) is 0 Å². The van der Waals surface area contributed by atoms with E-state index >= 15 is 0 Å². The number of quaternary nitrogens is 1. The Balaban J connectivity index is 2.35. The highest BCUT2D eigenvalue weighted by Gasteiger charge is 2.16. The minimum Gasteiger partial charge on any atom is -0.380 e. The summed E-state index contributed by atoms with van der Waals surface area (Å²) in [6.07, 6.45) is 7.03. The molecule has 0 unspecified atom stereocenters. The number of nitrogens with one attached hydrogen (secondary N) is 1. The van der Waals surface area contributed by atoms with Crippen LogP contribution in [-0.4, -0.2) is 31.9 Å². The second-order valence-electron chi connectivity index (χ2n) is 4.19. The molecule has 1 aliphatic carbocycles. The van der Waals surface area contributed by atoms with Crippen molar-refractivity contribution >= 4 is 0 Å². The molecule has 78 valence electrons. The summed E-state index contributed by atoms with van der Waals surface area (Å²) in [5.41, 5.74) is 0. The van der Waals surface area contributed by atoms with E-state index in [0.29, 0.717) is 5.92 Å². The fourth-order valence-electron chi connectivity index (χ4n) is 1.55. The molecule has 0 aliphatic heterocycles. The quantitative estimate of drug-likeness (QED) is 0.464. The van der Waals surface area contributed by atoms with E-state index in [1.165, 1.54) is 4.90 Å². The zero-order valence-electron chi connectivity index (χ0n) is 9.09. The zero-order chi connectivity index (χ0) is 10.4. The first kappa shape index (κ1) is 11.3. The summed E-state index contributed by atoms with van der Waals surface area (Å²) in [6.45, 7) is 0.805. The highest BCUT2D eigenvalue weighted by Crippen LogP contribution is 2.21. The van der Waals surface area contributed by atoms with Gasteiger partial charge in [-0.2, -0.15) is 0 Å². The normalized spacial score (nSPS) is 23.0. The van der Waals surface area contributed by atoms with E-state index < -0.39 is 6.10 Å². The Morgan fingerprint density at radius 1 is 1.50 bits per heavy atom. The van der Waals surface area contributed by atoms with E-state index in [2.05, 4.69) is 38.1 Å².